The van der Waals surface area contributed by atoms with Crippen LogP contribution in [0.1, 0.15) is 18.5 Å². The maximum Gasteiger partial charge on any atom is 0.252 e. The van der Waals surface area contributed by atoms with Gasteiger partial charge in [-0.2, -0.15) is 4.31 Å². The van der Waals surface area contributed by atoms with Crippen molar-refractivity contribution < 1.29 is 13.2 Å². The van der Waals surface area contributed by atoms with Crippen LogP contribution >= 0.6 is 22.9 Å². The van der Waals surface area contributed by atoms with Crippen LogP contribution in [0, 0.1) is 0 Å². The normalized spacial score (nSPS) is 17.6. The third-order valence-electron chi connectivity index (χ3n) is 4.54. The van der Waals surface area contributed by atoms with Crippen LogP contribution in [0.3, 0.4) is 0 Å². The molecule has 0 spiro atoms. The largest absolute Gasteiger partial charge is 0.348 e. The molecule has 1 atom stereocenters. The van der Waals surface area contributed by atoms with Gasteiger partial charge in [-0.15, -0.1) is 11.3 Å². The number of rotatable bonds is 6. The van der Waals surface area contributed by atoms with E-state index in [0.717, 1.165) is 5.56 Å². The molecule has 1 saturated heterocycles. The van der Waals surface area contributed by atoms with Crippen LogP contribution in [0.25, 0.3) is 0 Å². The quantitative estimate of drug-likeness (QED) is 0.769. The summed E-state index contributed by atoms with van der Waals surface area (Å²) in [5, 5.41) is 5.33. The zero-order chi connectivity index (χ0) is 19.4. The lowest BCUT2D eigenvalue weighted by atomic mass is 10.1. The number of hydrogen-bond donors (Lipinski definition) is 1. The van der Waals surface area contributed by atoms with E-state index in [0.29, 0.717) is 35.4 Å². The maximum atomic E-state index is 12.5. The van der Waals surface area contributed by atoms with Crippen LogP contribution in [0.2, 0.25) is 5.02 Å². The predicted molar refractivity (Wildman–Crippen MR) is 108 cm³/mol. The fourth-order valence-corrected chi connectivity index (χ4v) is 5.93. The monoisotopic (exact) mass is 427 g/mol. The van der Waals surface area contributed by atoms with Crippen LogP contribution in [-0.2, 0) is 14.8 Å². The van der Waals surface area contributed by atoms with Gasteiger partial charge in [-0.05, 0) is 30.0 Å². The molecule has 2 aromatic rings. The summed E-state index contributed by atoms with van der Waals surface area (Å²) in [6.07, 6.45) is 0. The smallest absolute Gasteiger partial charge is 0.252 e. The summed E-state index contributed by atoms with van der Waals surface area (Å²) >= 11 is 7.39. The van der Waals surface area contributed by atoms with Gasteiger partial charge in [0.2, 0.25) is 5.91 Å². The van der Waals surface area contributed by atoms with E-state index in [9.17, 15) is 13.2 Å². The van der Waals surface area contributed by atoms with Gasteiger partial charge >= 0.3 is 0 Å². The molecule has 6 nitrogen and oxygen atoms in total. The van der Waals surface area contributed by atoms with Crippen molar-refractivity contribution in [1.29, 1.82) is 0 Å². The number of amides is 1. The Morgan fingerprint density at radius 3 is 2.52 bits per heavy atom. The van der Waals surface area contributed by atoms with Crippen molar-refractivity contribution in [2.45, 2.75) is 17.2 Å². The first-order chi connectivity index (χ1) is 12.9. The lowest BCUT2D eigenvalue weighted by Crippen LogP contribution is -2.51. The number of carbonyl (C=O) groups is 1. The van der Waals surface area contributed by atoms with E-state index in [4.69, 9.17) is 11.6 Å². The van der Waals surface area contributed by atoms with Gasteiger partial charge < -0.3 is 5.32 Å². The minimum absolute atomic E-state index is 0.100. The molecule has 0 bridgehead atoms. The van der Waals surface area contributed by atoms with E-state index in [1.54, 1.807) is 23.6 Å². The molecule has 146 valence electrons. The lowest BCUT2D eigenvalue weighted by molar-refractivity contribution is -0.123. The number of benzene rings is 1. The lowest BCUT2D eigenvalue weighted by Gasteiger charge is -2.33. The highest BCUT2D eigenvalue weighted by molar-refractivity contribution is 7.91. The van der Waals surface area contributed by atoms with E-state index in [1.165, 1.54) is 15.6 Å². The molecular weight excluding hydrogens is 406 g/mol. The van der Waals surface area contributed by atoms with Gasteiger partial charge in [0.05, 0.1) is 12.6 Å². The van der Waals surface area contributed by atoms with Gasteiger partial charge in [-0.1, -0.05) is 35.9 Å². The Morgan fingerprint density at radius 1 is 1.19 bits per heavy atom. The first-order valence-electron chi connectivity index (χ1n) is 8.68. The number of halogens is 1. The molecule has 3 rings (SSSR count). The standard InChI is InChI=1S/C18H22ClN3O3S2/c1-14(15-5-2-3-6-16(15)19)20-17(23)13-21-8-10-22(11-9-21)27(24,25)18-7-4-12-26-18/h2-7,12,14H,8-11,13H2,1H3,(H,20,23)/t14-/m1/s1. The number of nitrogens with one attached hydrogen (secondary N) is 1. The Labute approximate surface area is 168 Å². The molecule has 0 saturated carbocycles. The summed E-state index contributed by atoms with van der Waals surface area (Å²) < 4.78 is 26.9. The Balaban J connectivity index is 1.50. The second-order valence-electron chi connectivity index (χ2n) is 6.42. The Kier molecular flexibility index (Phi) is 6.54. The highest BCUT2D eigenvalue weighted by Crippen LogP contribution is 2.23. The van der Waals surface area contributed by atoms with E-state index in [1.807, 2.05) is 30.0 Å². The highest BCUT2D eigenvalue weighted by atomic mass is 35.5. The van der Waals surface area contributed by atoms with Crippen LogP contribution < -0.4 is 5.32 Å². The molecule has 2 heterocycles. The number of sulfonamides is 1. The van der Waals surface area contributed by atoms with Gasteiger partial charge in [0.15, 0.2) is 0 Å². The Bertz CT molecular complexity index is 879. The van der Waals surface area contributed by atoms with E-state index in [2.05, 4.69) is 5.32 Å². The molecule has 1 amide bonds. The molecule has 1 aromatic carbocycles. The van der Waals surface area contributed by atoms with Crippen LogP contribution in [0.4, 0.5) is 0 Å². The van der Waals surface area contributed by atoms with Crippen molar-refractivity contribution in [1.82, 2.24) is 14.5 Å². The van der Waals surface area contributed by atoms with Gasteiger partial charge in [0, 0.05) is 31.2 Å². The highest BCUT2D eigenvalue weighted by Gasteiger charge is 2.29. The number of piperazine rings is 1. The summed E-state index contributed by atoms with van der Waals surface area (Å²) in [7, 11) is -3.42. The summed E-state index contributed by atoms with van der Waals surface area (Å²) in [6, 6.07) is 10.6. The molecule has 1 aliphatic heterocycles. The Hall–Kier alpha value is -1.45. The molecule has 1 aromatic heterocycles. The predicted octanol–water partition coefficient (Wildman–Crippen LogP) is 2.59. The fraction of sp³-hybridized carbons (Fsp3) is 0.389. The van der Waals surface area contributed by atoms with Gasteiger partial charge in [-0.3, -0.25) is 9.69 Å². The second kappa shape index (κ2) is 8.70. The second-order valence-corrected chi connectivity index (χ2v) is 9.94. The molecule has 27 heavy (non-hydrogen) atoms. The molecule has 0 aliphatic carbocycles. The van der Waals surface area contributed by atoms with E-state index >= 15 is 0 Å². The third kappa shape index (κ3) is 4.89. The van der Waals surface area contributed by atoms with Crippen molar-refractivity contribution in [2.75, 3.05) is 32.7 Å². The molecule has 9 heteroatoms. The SMILES string of the molecule is C[C@@H](NC(=O)CN1CCN(S(=O)(=O)c2cccs2)CC1)c1ccccc1Cl. The van der Waals surface area contributed by atoms with Crippen molar-refractivity contribution in [3.05, 3.63) is 52.4 Å². The van der Waals surface area contributed by atoms with Crippen molar-refractivity contribution >= 4 is 38.9 Å². The summed E-state index contributed by atoms with van der Waals surface area (Å²) in [5.74, 6) is -0.100. The molecular formula is C18H22ClN3O3S2. The number of thiophene rings is 1. The van der Waals surface area contributed by atoms with Gasteiger partial charge in [0.1, 0.15) is 4.21 Å². The molecule has 1 N–H and O–H groups in total. The van der Waals surface area contributed by atoms with Crippen LogP contribution in [0.15, 0.2) is 46.0 Å². The Morgan fingerprint density at radius 2 is 1.89 bits per heavy atom. The van der Waals surface area contributed by atoms with Crippen molar-refractivity contribution in [2.24, 2.45) is 0 Å². The number of nitrogens with zero attached hydrogens (tertiary/aromatic N) is 2. The fourth-order valence-electron chi connectivity index (χ4n) is 3.06. The zero-order valence-corrected chi connectivity index (χ0v) is 17.4. The number of carbonyl (C=O) groups excluding carboxylic acids is 1. The maximum absolute atomic E-state index is 12.5. The summed E-state index contributed by atoms with van der Waals surface area (Å²) in [6.45, 7) is 3.95. The minimum atomic E-state index is -3.42. The van der Waals surface area contributed by atoms with Gasteiger partial charge in [0.25, 0.3) is 10.0 Å². The molecule has 0 unspecified atom stereocenters. The first-order valence-corrected chi connectivity index (χ1v) is 11.4. The van der Waals surface area contributed by atoms with E-state index < -0.39 is 10.0 Å². The van der Waals surface area contributed by atoms with E-state index in [-0.39, 0.29) is 18.5 Å². The van der Waals surface area contributed by atoms with Gasteiger partial charge in [-0.25, -0.2) is 8.42 Å². The van der Waals surface area contributed by atoms with Crippen molar-refractivity contribution in [3.8, 4) is 0 Å². The first kappa shape index (κ1) is 20.3. The van der Waals surface area contributed by atoms with Crippen molar-refractivity contribution in [3.63, 3.8) is 0 Å². The zero-order valence-electron chi connectivity index (χ0n) is 15.0. The van der Waals surface area contributed by atoms with Crippen LogP contribution in [0.5, 0.6) is 0 Å². The van der Waals surface area contributed by atoms with Crippen LogP contribution in [-0.4, -0.2) is 56.3 Å². The summed E-state index contributed by atoms with van der Waals surface area (Å²) in [4.78, 5) is 14.3. The average molecular weight is 428 g/mol. The number of hydrogen-bond acceptors (Lipinski definition) is 5. The third-order valence-corrected chi connectivity index (χ3v) is 8.15. The molecule has 1 fully saturated rings. The molecule has 0 radical (unpaired) electrons. The topological polar surface area (TPSA) is 69.7 Å². The average Bonchev–Trinajstić information content (AvgIpc) is 3.18. The summed E-state index contributed by atoms with van der Waals surface area (Å²) in [5.41, 5.74) is 0.874. The minimum Gasteiger partial charge on any atom is -0.348 e. The molecule has 1 aliphatic rings.